The molecule has 0 aliphatic carbocycles. The van der Waals surface area contributed by atoms with Crippen LogP contribution in [0.25, 0.3) is 10.9 Å². The number of benzene rings is 1. The second-order valence-electron chi connectivity index (χ2n) is 4.07. The molecule has 1 atom stereocenters. The SMILES string of the molecule is CC(O)CCn1c(=O)[nH]c2ccccc2c1=O. The number of aromatic nitrogens is 2. The number of fused-ring (bicyclic) bond motifs is 1. The van der Waals surface area contributed by atoms with Gasteiger partial charge < -0.3 is 10.1 Å². The number of aliphatic hydroxyl groups excluding tert-OH is 1. The van der Waals surface area contributed by atoms with Crippen molar-refractivity contribution >= 4 is 10.9 Å². The summed E-state index contributed by atoms with van der Waals surface area (Å²) in [5, 5.41) is 9.67. The second kappa shape index (κ2) is 4.55. The average Bonchev–Trinajstić information content (AvgIpc) is 2.28. The van der Waals surface area contributed by atoms with E-state index < -0.39 is 11.8 Å². The molecule has 2 rings (SSSR count). The summed E-state index contributed by atoms with van der Waals surface area (Å²) in [7, 11) is 0. The molecular weight excluding hydrogens is 220 g/mol. The lowest BCUT2D eigenvalue weighted by molar-refractivity contribution is 0.177. The molecule has 0 amide bonds. The van der Waals surface area contributed by atoms with E-state index in [2.05, 4.69) is 4.98 Å². The molecule has 2 aromatic rings. The molecule has 90 valence electrons. The normalized spacial score (nSPS) is 12.8. The van der Waals surface area contributed by atoms with E-state index in [0.29, 0.717) is 17.3 Å². The maximum atomic E-state index is 12.0. The van der Waals surface area contributed by atoms with Crippen molar-refractivity contribution in [1.82, 2.24) is 9.55 Å². The summed E-state index contributed by atoms with van der Waals surface area (Å²) in [5.41, 5.74) is -0.213. The van der Waals surface area contributed by atoms with E-state index in [0.717, 1.165) is 4.57 Å². The van der Waals surface area contributed by atoms with E-state index in [1.54, 1.807) is 31.2 Å². The zero-order valence-electron chi connectivity index (χ0n) is 9.51. The molecule has 0 saturated heterocycles. The molecule has 0 spiro atoms. The first kappa shape index (κ1) is 11.6. The molecule has 0 bridgehead atoms. The Morgan fingerprint density at radius 3 is 2.76 bits per heavy atom. The molecular formula is C12H14N2O3. The van der Waals surface area contributed by atoms with E-state index >= 15 is 0 Å². The third-order valence-corrected chi connectivity index (χ3v) is 2.66. The topological polar surface area (TPSA) is 75.1 Å². The van der Waals surface area contributed by atoms with Crippen LogP contribution in [0.4, 0.5) is 0 Å². The van der Waals surface area contributed by atoms with Gasteiger partial charge in [0.15, 0.2) is 0 Å². The summed E-state index contributed by atoms with van der Waals surface area (Å²) >= 11 is 0. The molecule has 0 saturated carbocycles. The van der Waals surface area contributed by atoms with Crippen molar-refractivity contribution in [2.24, 2.45) is 0 Å². The highest BCUT2D eigenvalue weighted by Crippen LogP contribution is 2.03. The van der Waals surface area contributed by atoms with Crippen LogP contribution < -0.4 is 11.2 Å². The van der Waals surface area contributed by atoms with Gasteiger partial charge in [-0.25, -0.2) is 4.79 Å². The summed E-state index contributed by atoms with van der Waals surface area (Å²) in [6, 6.07) is 6.88. The predicted octanol–water partition coefficient (Wildman–Crippen LogP) is 0.461. The molecule has 0 aliphatic rings. The largest absolute Gasteiger partial charge is 0.393 e. The number of nitrogens with one attached hydrogen (secondary N) is 1. The van der Waals surface area contributed by atoms with Crippen molar-refractivity contribution < 1.29 is 5.11 Å². The number of aliphatic hydroxyl groups is 1. The van der Waals surface area contributed by atoms with Crippen LogP contribution in [-0.4, -0.2) is 20.8 Å². The van der Waals surface area contributed by atoms with Crippen LogP contribution in [0.15, 0.2) is 33.9 Å². The van der Waals surface area contributed by atoms with Crippen LogP contribution in [0.3, 0.4) is 0 Å². The number of nitrogens with zero attached hydrogens (tertiary/aromatic N) is 1. The van der Waals surface area contributed by atoms with Gasteiger partial charge >= 0.3 is 5.69 Å². The minimum absolute atomic E-state index is 0.219. The summed E-state index contributed by atoms with van der Waals surface area (Å²) in [6.07, 6.45) is -0.158. The van der Waals surface area contributed by atoms with Gasteiger partial charge in [-0.2, -0.15) is 0 Å². The molecule has 0 aliphatic heterocycles. The lowest BCUT2D eigenvalue weighted by atomic mass is 10.2. The van der Waals surface area contributed by atoms with Crippen molar-refractivity contribution in [2.45, 2.75) is 26.0 Å². The van der Waals surface area contributed by atoms with Gasteiger partial charge in [-0.1, -0.05) is 12.1 Å². The minimum atomic E-state index is -0.534. The number of para-hydroxylation sites is 1. The van der Waals surface area contributed by atoms with E-state index in [4.69, 9.17) is 0 Å². The van der Waals surface area contributed by atoms with E-state index in [9.17, 15) is 14.7 Å². The fraction of sp³-hybridized carbons (Fsp3) is 0.333. The molecule has 1 aromatic heterocycles. The lowest BCUT2D eigenvalue weighted by Crippen LogP contribution is -2.35. The Hall–Kier alpha value is -1.88. The number of H-pyrrole nitrogens is 1. The van der Waals surface area contributed by atoms with E-state index in [1.165, 1.54) is 0 Å². The second-order valence-corrected chi connectivity index (χ2v) is 4.07. The Morgan fingerprint density at radius 1 is 1.35 bits per heavy atom. The monoisotopic (exact) mass is 234 g/mol. The van der Waals surface area contributed by atoms with Crippen molar-refractivity contribution in [3.8, 4) is 0 Å². The predicted molar refractivity (Wildman–Crippen MR) is 65.1 cm³/mol. The standard InChI is InChI=1S/C12H14N2O3/c1-8(15)6-7-14-11(16)9-4-2-3-5-10(9)13-12(14)17/h2-5,8,15H,6-7H2,1H3,(H,13,17). The first-order valence-corrected chi connectivity index (χ1v) is 5.49. The van der Waals surface area contributed by atoms with Gasteiger partial charge in [-0.05, 0) is 25.5 Å². The van der Waals surface area contributed by atoms with Gasteiger partial charge in [0, 0.05) is 6.54 Å². The van der Waals surface area contributed by atoms with Crippen LogP contribution in [0.5, 0.6) is 0 Å². The Balaban J connectivity index is 2.56. The summed E-state index contributed by atoms with van der Waals surface area (Å²) < 4.78 is 1.12. The first-order chi connectivity index (χ1) is 8.09. The molecule has 0 fully saturated rings. The third-order valence-electron chi connectivity index (χ3n) is 2.66. The van der Waals surface area contributed by atoms with Crippen LogP contribution >= 0.6 is 0 Å². The van der Waals surface area contributed by atoms with Crippen molar-refractivity contribution in [3.63, 3.8) is 0 Å². The molecule has 17 heavy (non-hydrogen) atoms. The molecule has 1 aromatic carbocycles. The van der Waals surface area contributed by atoms with Crippen LogP contribution in [0.2, 0.25) is 0 Å². The number of aromatic amines is 1. The molecule has 1 unspecified atom stereocenters. The summed E-state index contributed by atoms with van der Waals surface area (Å²) in [5.74, 6) is 0. The fourth-order valence-corrected chi connectivity index (χ4v) is 1.72. The number of hydrogen-bond acceptors (Lipinski definition) is 3. The van der Waals surface area contributed by atoms with E-state index in [-0.39, 0.29) is 12.1 Å². The molecule has 1 heterocycles. The Labute approximate surface area is 97.3 Å². The van der Waals surface area contributed by atoms with Crippen LogP contribution in [0, 0.1) is 0 Å². The third kappa shape index (κ3) is 2.29. The Morgan fingerprint density at radius 2 is 2.06 bits per heavy atom. The van der Waals surface area contributed by atoms with Crippen LogP contribution in [0.1, 0.15) is 13.3 Å². The van der Waals surface area contributed by atoms with E-state index in [1.807, 2.05) is 0 Å². The minimum Gasteiger partial charge on any atom is -0.393 e. The zero-order valence-corrected chi connectivity index (χ0v) is 9.51. The van der Waals surface area contributed by atoms with Crippen molar-refractivity contribution in [1.29, 1.82) is 0 Å². The van der Waals surface area contributed by atoms with Crippen molar-refractivity contribution in [3.05, 3.63) is 45.1 Å². The van der Waals surface area contributed by atoms with Gasteiger partial charge in [0.25, 0.3) is 5.56 Å². The average molecular weight is 234 g/mol. The molecule has 2 N–H and O–H groups in total. The smallest absolute Gasteiger partial charge is 0.328 e. The number of rotatable bonds is 3. The highest BCUT2D eigenvalue weighted by Gasteiger charge is 2.07. The van der Waals surface area contributed by atoms with Gasteiger partial charge in [0.2, 0.25) is 0 Å². The maximum Gasteiger partial charge on any atom is 0.328 e. The summed E-state index contributed by atoms with van der Waals surface area (Å²) in [4.78, 5) is 26.4. The first-order valence-electron chi connectivity index (χ1n) is 5.49. The maximum absolute atomic E-state index is 12.0. The van der Waals surface area contributed by atoms with Gasteiger partial charge in [0.1, 0.15) is 0 Å². The Bertz CT molecular complexity index is 640. The summed E-state index contributed by atoms with van der Waals surface area (Å²) in [6.45, 7) is 1.84. The molecule has 0 radical (unpaired) electrons. The molecule has 5 nitrogen and oxygen atoms in total. The van der Waals surface area contributed by atoms with Gasteiger partial charge in [-0.15, -0.1) is 0 Å². The Kier molecular flexibility index (Phi) is 3.10. The number of hydrogen-bond donors (Lipinski definition) is 2. The highest BCUT2D eigenvalue weighted by molar-refractivity contribution is 5.76. The quantitative estimate of drug-likeness (QED) is 0.810. The van der Waals surface area contributed by atoms with Gasteiger partial charge in [0.05, 0.1) is 17.0 Å². The molecule has 5 heteroatoms. The van der Waals surface area contributed by atoms with Crippen LogP contribution in [-0.2, 0) is 6.54 Å². The zero-order chi connectivity index (χ0) is 12.4. The van der Waals surface area contributed by atoms with Gasteiger partial charge in [-0.3, -0.25) is 9.36 Å². The van der Waals surface area contributed by atoms with Crippen molar-refractivity contribution in [2.75, 3.05) is 0 Å². The highest BCUT2D eigenvalue weighted by atomic mass is 16.3. The lowest BCUT2D eigenvalue weighted by Gasteiger charge is -2.07. The fourth-order valence-electron chi connectivity index (χ4n) is 1.72.